The van der Waals surface area contributed by atoms with Gasteiger partial charge in [-0.1, -0.05) is 36.4 Å². The van der Waals surface area contributed by atoms with Gasteiger partial charge in [0.05, 0.1) is 43.0 Å². The molecule has 4 rings (SSSR count). The summed E-state index contributed by atoms with van der Waals surface area (Å²) >= 11 is 0. The Morgan fingerprint density at radius 2 is 1.68 bits per heavy atom. The van der Waals surface area contributed by atoms with E-state index in [1.165, 1.54) is 0 Å². The molecule has 3 N–H and O–H groups in total. The smallest absolute Gasteiger partial charge is 0.308 e. The third-order valence-corrected chi connectivity index (χ3v) is 4.90. The third kappa shape index (κ3) is 4.92. The van der Waals surface area contributed by atoms with Crippen molar-refractivity contribution in [3.8, 4) is 0 Å². The van der Waals surface area contributed by atoms with Crippen LogP contribution in [0.1, 0.15) is 18.9 Å². The van der Waals surface area contributed by atoms with E-state index in [0.717, 1.165) is 38.7 Å². The van der Waals surface area contributed by atoms with Gasteiger partial charge in [0.2, 0.25) is 0 Å². The van der Waals surface area contributed by atoms with Crippen molar-refractivity contribution in [1.82, 2.24) is 4.98 Å². The average molecular weight is 415 g/mol. The topological polar surface area (TPSA) is 86.5 Å². The van der Waals surface area contributed by atoms with E-state index in [2.05, 4.69) is 17.4 Å². The maximum Gasteiger partial charge on any atom is 0.308 e. The minimum absolute atomic E-state index is 0.232. The number of carbonyl (C=O) groups excluding carboxylic acids is 1. The number of para-hydroxylation sites is 2. The fourth-order valence-electron chi connectivity index (χ4n) is 3.57. The number of fused-ring (bicyclic) bond motifs is 2. The molecule has 6 heteroatoms. The average Bonchev–Trinajstić information content (AvgIpc) is 2.76. The molecule has 0 aliphatic carbocycles. The molecule has 0 spiro atoms. The van der Waals surface area contributed by atoms with Crippen molar-refractivity contribution in [3.63, 3.8) is 0 Å². The zero-order valence-corrected chi connectivity index (χ0v) is 17.4. The summed E-state index contributed by atoms with van der Waals surface area (Å²) in [7, 11) is 0. The molecule has 0 saturated heterocycles. The van der Waals surface area contributed by atoms with E-state index >= 15 is 0 Å². The summed E-state index contributed by atoms with van der Waals surface area (Å²) in [5.41, 5.74) is 11.4. The number of nitrogen functional groups attached to an aromatic ring is 1. The Hall–Kier alpha value is -3.64. The van der Waals surface area contributed by atoms with Crippen LogP contribution in [0.3, 0.4) is 0 Å². The summed E-state index contributed by atoms with van der Waals surface area (Å²) in [5.74, 6) is -0.256. The second-order valence-corrected chi connectivity index (χ2v) is 7.22. The Bertz CT molecular complexity index is 1170. The van der Waals surface area contributed by atoms with Gasteiger partial charge in [0, 0.05) is 22.1 Å². The van der Waals surface area contributed by atoms with Crippen LogP contribution in [-0.4, -0.2) is 24.2 Å². The predicted octanol–water partition coefficient (Wildman–Crippen LogP) is 5.18. The van der Waals surface area contributed by atoms with Gasteiger partial charge in [-0.3, -0.25) is 4.79 Å². The number of nitrogens with zero attached hydrogens (tertiary/aromatic N) is 1. The van der Waals surface area contributed by atoms with Crippen LogP contribution in [0.15, 0.2) is 66.7 Å². The molecule has 1 heterocycles. The van der Waals surface area contributed by atoms with Crippen LogP contribution in [0.2, 0.25) is 0 Å². The second kappa shape index (κ2) is 9.45. The predicted molar refractivity (Wildman–Crippen MR) is 124 cm³/mol. The highest BCUT2D eigenvalue weighted by Gasteiger charge is 2.10. The zero-order valence-electron chi connectivity index (χ0n) is 17.4. The number of nitrogens with one attached hydrogen (secondary N) is 1. The van der Waals surface area contributed by atoms with Crippen LogP contribution in [-0.2, 0) is 20.9 Å². The number of hydrogen-bond donors (Lipinski definition) is 2. The molecule has 0 fully saturated rings. The van der Waals surface area contributed by atoms with Crippen molar-refractivity contribution in [2.45, 2.75) is 20.0 Å². The highest BCUT2D eigenvalue weighted by molar-refractivity contribution is 6.08. The van der Waals surface area contributed by atoms with E-state index in [1.807, 2.05) is 54.6 Å². The van der Waals surface area contributed by atoms with Gasteiger partial charge in [-0.2, -0.15) is 0 Å². The van der Waals surface area contributed by atoms with Gasteiger partial charge < -0.3 is 20.5 Å². The van der Waals surface area contributed by atoms with E-state index in [0.29, 0.717) is 25.5 Å². The van der Waals surface area contributed by atoms with Crippen LogP contribution in [0.25, 0.3) is 21.8 Å². The maximum absolute atomic E-state index is 11.4. The first-order valence-electron chi connectivity index (χ1n) is 10.3. The highest BCUT2D eigenvalue weighted by Crippen LogP contribution is 2.33. The zero-order chi connectivity index (χ0) is 21.6. The molecule has 0 saturated carbocycles. The number of rotatable bonds is 8. The lowest BCUT2D eigenvalue weighted by Gasteiger charge is -2.15. The van der Waals surface area contributed by atoms with Crippen molar-refractivity contribution in [2.75, 3.05) is 24.3 Å². The number of ether oxygens (including phenoxy) is 2. The molecular weight excluding hydrogens is 390 g/mol. The first kappa shape index (κ1) is 20.6. The molecule has 0 atom stereocenters. The summed E-state index contributed by atoms with van der Waals surface area (Å²) in [6, 6.07) is 21.9. The third-order valence-electron chi connectivity index (χ3n) is 4.90. The minimum atomic E-state index is -0.256. The highest BCUT2D eigenvalue weighted by atomic mass is 16.5. The molecule has 3 aromatic carbocycles. The van der Waals surface area contributed by atoms with Gasteiger partial charge >= 0.3 is 5.97 Å². The lowest BCUT2D eigenvalue weighted by molar-refractivity contribution is -0.144. The summed E-state index contributed by atoms with van der Waals surface area (Å²) in [4.78, 5) is 16.2. The fraction of sp³-hybridized carbons (Fsp3) is 0.200. The Kier molecular flexibility index (Phi) is 6.29. The molecule has 0 bridgehead atoms. The summed E-state index contributed by atoms with van der Waals surface area (Å²) in [5, 5.41) is 5.62. The Morgan fingerprint density at radius 3 is 2.35 bits per heavy atom. The SMILES string of the molecule is CCOC(=O)CCOCc1cc(N)cc(Nc2c3ccccc3nc3ccccc23)c1. The molecule has 31 heavy (non-hydrogen) atoms. The van der Waals surface area contributed by atoms with Gasteiger partial charge in [-0.05, 0) is 42.8 Å². The standard InChI is InChI=1S/C25H25N3O3/c1-2-31-24(29)11-12-30-16-17-13-18(26)15-19(14-17)27-25-20-7-3-5-9-22(20)28-23-10-6-4-8-21(23)25/h3-10,13-15H,2,11-12,16,26H2,1H3,(H,27,28). The van der Waals surface area contributed by atoms with Crippen LogP contribution in [0.4, 0.5) is 17.1 Å². The van der Waals surface area contributed by atoms with Gasteiger partial charge in [0.25, 0.3) is 0 Å². The maximum atomic E-state index is 11.4. The lowest BCUT2D eigenvalue weighted by atomic mass is 10.1. The van der Waals surface area contributed by atoms with Crippen molar-refractivity contribution < 1.29 is 14.3 Å². The van der Waals surface area contributed by atoms with E-state index < -0.39 is 0 Å². The van der Waals surface area contributed by atoms with Crippen LogP contribution in [0, 0.1) is 0 Å². The van der Waals surface area contributed by atoms with Crippen molar-refractivity contribution in [1.29, 1.82) is 0 Å². The molecular formula is C25H25N3O3. The molecule has 158 valence electrons. The molecule has 6 nitrogen and oxygen atoms in total. The molecule has 0 amide bonds. The number of nitrogens with two attached hydrogens (primary N) is 1. The summed E-state index contributed by atoms with van der Waals surface area (Å²) in [6.45, 7) is 2.82. The van der Waals surface area contributed by atoms with Gasteiger partial charge in [-0.25, -0.2) is 4.98 Å². The number of carbonyl (C=O) groups is 1. The Morgan fingerprint density at radius 1 is 1.00 bits per heavy atom. The monoisotopic (exact) mass is 415 g/mol. The van der Waals surface area contributed by atoms with E-state index in [-0.39, 0.29) is 12.4 Å². The molecule has 0 aliphatic heterocycles. The quantitative estimate of drug-likeness (QED) is 0.178. The van der Waals surface area contributed by atoms with E-state index in [1.54, 1.807) is 6.92 Å². The van der Waals surface area contributed by atoms with E-state index in [4.69, 9.17) is 20.2 Å². The molecule has 4 aromatic rings. The number of benzene rings is 3. The van der Waals surface area contributed by atoms with E-state index in [9.17, 15) is 4.79 Å². The van der Waals surface area contributed by atoms with Crippen LogP contribution >= 0.6 is 0 Å². The normalized spacial score (nSPS) is 11.0. The summed E-state index contributed by atoms with van der Waals surface area (Å²) in [6.07, 6.45) is 0.232. The van der Waals surface area contributed by atoms with Crippen molar-refractivity contribution >= 4 is 44.8 Å². The molecule has 0 radical (unpaired) electrons. The number of anilines is 3. The molecule has 1 aromatic heterocycles. The largest absolute Gasteiger partial charge is 0.466 e. The lowest BCUT2D eigenvalue weighted by Crippen LogP contribution is -2.08. The van der Waals surface area contributed by atoms with Gasteiger partial charge in [0.1, 0.15) is 0 Å². The number of pyridine rings is 1. The Labute approximate surface area is 181 Å². The second-order valence-electron chi connectivity index (χ2n) is 7.22. The molecule has 0 unspecified atom stereocenters. The first-order chi connectivity index (χ1) is 15.1. The van der Waals surface area contributed by atoms with Crippen molar-refractivity contribution in [2.24, 2.45) is 0 Å². The first-order valence-corrected chi connectivity index (χ1v) is 10.3. The van der Waals surface area contributed by atoms with Crippen molar-refractivity contribution in [3.05, 3.63) is 72.3 Å². The summed E-state index contributed by atoms with van der Waals surface area (Å²) < 4.78 is 10.6. The number of aromatic nitrogens is 1. The fourth-order valence-corrected chi connectivity index (χ4v) is 3.57. The molecule has 0 aliphatic rings. The Balaban J connectivity index is 1.58. The van der Waals surface area contributed by atoms with Crippen LogP contribution in [0.5, 0.6) is 0 Å². The number of esters is 1. The van der Waals surface area contributed by atoms with Gasteiger partial charge in [-0.15, -0.1) is 0 Å². The minimum Gasteiger partial charge on any atom is -0.466 e. The van der Waals surface area contributed by atoms with Crippen LogP contribution < -0.4 is 11.1 Å². The number of hydrogen-bond acceptors (Lipinski definition) is 6. The van der Waals surface area contributed by atoms with Gasteiger partial charge in [0.15, 0.2) is 0 Å².